The maximum absolute atomic E-state index is 6.28. The lowest BCUT2D eigenvalue weighted by molar-refractivity contribution is 0.406. The van der Waals surface area contributed by atoms with Gasteiger partial charge in [0, 0.05) is 51.1 Å². The normalized spacial score (nSPS) is 12.3. The summed E-state index contributed by atoms with van der Waals surface area (Å²) >= 11 is 12.4. The summed E-state index contributed by atoms with van der Waals surface area (Å²) in [6.07, 6.45) is 2.34. The van der Waals surface area contributed by atoms with Crippen LogP contribution in [0.1, 0.15) is 28.4 Å². The lowest BCUT2D eigenvalue weighted by atomic mass is 9.99. The van der Waals surface area contributed by atoms with Crippen LogP contribution >= 0.6 is 23.2 Å². The molecule has 0 saturated heterocycles. The van der Waals surface area contributed by atoms with Gasteiger partial charge in [0.05, 0.1) is 7.11 Å². The minimum Gasteiger partial charge on any atom is -0.496 e. The summed E-state index contributed by atoms with van der Waals surface area (Å²) < 4.78 is 5.42. The van der Waals surface area contributed by atoms with Gasteiger partial charge in [-0.2, -0.15) is 0 Å². The number of rotatable bonds is 4. The van der Waals surface area contributed by atoms with Gasteiger partial charge >= 0.3 is 0 Å². The Labute approximate surface area is 135 Å². The molecule has 0 radical (unpaired) electrons. The van der Waals surface area contributed by atoms with Crippen molar-refractivity contribution in [2.24, 2.45) is 5.73 Å². The van der Waals surface area contributed by atoms with E-state index < -0.39 is 0 Å². The van der Waals surface area contributed by atoms with Gasteiger partial charge in [-0.25, -0.2) is 0 Å². The summed E-state index contributed by atoms with van der Waals surface area (Å²) in [5, 5.41) is 1.15. The molecule has 0 aliphatic heterocycles. The van der Waals surface area contributed by atoms with E-state index in [9.17, 15) is 0 Å². The van der Waals surface area contributed by atoms with E-state index in [1.807, 2.05) is 13.8 Å². The Bertz CT molecular complexity index is 639. The summed E-state index contributed by atoms with van der Waals surface area (Å²) in [5.74, 6) is 0.845. The van der Waals surface area contributed by atoms with Crippen LogP contribution in [0.15, 0.2) is 24.4 Å². The molecule has 0 aliphatic rings. The number of benzene rings is 1. The highest BCUT2D eigenvalue weighted by molar-refractivity contribution is 6.36. The van der Waals surface area contributed by atoms with Crippen LogP contribution in [0.4, 0.5) is 0 Å². The fourth-order valence-corrected chi connectivity index (χ4v) is 3.13. The molecule has 0 aliphatic carbocycles. The van der Waals surface area contributed by atoms with Crippen molar-refractivity contribution >= 4 is 23.2 Å². The van der Waals surface area contributed by atoms with Gasteiger partial charge in [0.15, 0.2) is 0 Å². The number of nitrogens with zero attached hydrogens (tertiary/aromatic N) is 1. The standard InChI is InChI=1S/C16H18Cl2N2O/c1-9-8-20-14(10(2)16(9)21-3)7-13(19)15-11(17)5-4-6-12(15)18/h4-6,8,13H,7,19H2,1-3H3. The Hall–Kier alpha value is -1.29. The predicted molar refractivity (Wildman–Crippen MR) is 87.4 cm³/mol. The van der Waals surface area contributed by atoms with Crippen LogP contribution in [-0.2, 0) is 6.42 Å². The minimum absolute atomic E-state index is 0.315. The highest BCUT2D eigenvalue weighted by Crippen LogP contribution is 2.32. The number of hydrogen-bond donors (Lipinski definition) is 1. The summed E-state index contributed by atoms with van der Waals surface area (Å²) in [7, 11) is 1.66. The molecule has 21 heavy (non-hydrogen) atoms. The summed E-state index contributed by atoms with van der Waals surface area (Å²) in [6, 6.07) is 5.07. The second-order valence-corrected chi connectivity index (χ2v) is 5.81. The molecular weight excluding hydrogens is 307 g/mol. The van der Waals surface area contributed by atoms with Crippen LogP contribution in [-0.4, -0.2) is 12.1 Å². The van der Waals surface area contributed by atoms with Gasteiger partial charge in [0.2, 0.25) is 0 Å². The number of aryl methyl sites for hydroxylation is 1. The Morgan fingerprint density at radius 3 is 2.43 bits per heavy atom. The Morgan fingerprint density at radius 2 is 1.86 bits per heavy atom. The molecule has 2 aromatic rings. The zero-order chi connectivity index (χ0) is 15.6. The van der Waals surface area contributed by atoms with E-state index in [1.165, 1.54) is 0 Å². The molecule has 1 aromatic carbocycles. The average Bonchev–Trinajstić information content (AvgIpc) is 2.42. The quantitative estimate of drug-likeness (QED) is 0.914. The molecule has 2 rings (SSSR count). The third kappa shape index (κ3) is 3.31. The van der Waals surface area contributed by atoms with Gasteiger partial charge in [-0.3, -0.25) is 4.98 Å². The van der Waals surface area contributed by atoms with Gasteiger partial charge in [-0.1, -0.05) is 29.3 Å². The molecule has 5 heteroatoms. The van der Waals surface area contributed by atoms with Crippen LogP contribution in [0.2, 0.25) is 10.0 Å². The summed E-state index contributed by atoms with van der Waals surface area (Å²) in [4.78, 5) is 4.47. The third-order valence-electron chi connectivity index (χ3n) is 3.53. The van der Waals surface area contributed by atoms with Gasteiger partial charge in [0.25, 0.3) is 0 Å². The van der Waals surface area contributed by atoms with E-state index in [1.54, 1.807) is 31.5 Å². The number of hydrogen-bond acceptors (Lipinski definition) is 3. The van der Waals surface area contributed by atoms with E-state index >= 15 is 0 Å². The number of pyridine rings is 1. The number of methoxy groups -OCH3 is 1. The van der Waals surface area contributed by atoms with Crippen molar-refractivity contribution in [2.45, 2.75) is 26.3 Å². The second-order valence-electron chi connectivity index (χ2n) is 4.99. The third-order valence-corrected chi connectivity index (χ3v) is 4.19. The van der Waals surface area contributed by atoms with Crippen LogP contribution in [0, 0.1) is 13.8 Å². The first-order chi connectivity index (χ1) is 9.95. The highest BCUT2D eigenvalue weighted by atomic mass is 35.5. The molecule has 0 spiro atoms. The predicted octanol–water partition coefficient (Wildman–Crippen LogP) is 4.26. The van der Waals surface area contributed by atoms with Crippen molar-refractivity contribution < 1.29 is 4.74 Å². The van der Waals surface area contributed by atoms with Gasteiger partial charge in [-0.05, 0) is 26.0 Å². The van der Waals surface area contributed by atoms with E-state index in [4.69, 9.17) is 33.7 Å². The van der Waals surface area contributed by atoms with E-state index in [0.717, 1.165) is 28.1 Å². The van der Waals surface area contributed by atoms with Crippen LogP contribution in [0.25, 0.3) is 0 Å². The monoisotopic (exact) mass is 324 g/mol. The first-order valence-electron chi connectivity index (χ1n) is 6.64. The van der Waals surface area contributed by atoms with Crippen molar-refractivity contribution in [3.05, 3.63) is 56.8 Å². The number of aromatic nitrogens is 1. The fraction of sp³-hybridized carbons (Fsp3) is 0.312. The van der Waals surface area contributed by atoms with E-state index in [2.05, 4.69) is 4.98 Å². The van der Waals surface area contributed by atoms with E-state index in [0.29, 0.717) is 16.5 Å². The van der Waals surface area contributed by atoms with Gasteiger partial charge in [-0.15, -0.1) is 0 Å². The molecule has 3 nitrogen and oxygen atoms in total. The molecule has 2 N–H and O–H groups in total. The summed E-state index contributed by atoms with van der Waals surface area (Å²) in [6.45, 7) is 3.95. The van der Waals surface area contributed by atoms with E-state index in [-0.39, 0.29) is 6.04 Å². The first-order valence-corrected chi connectivity index (χ1v) is 7.39. The van der Waals surface area contributed by atoms with Gasteiger partial charge < -0.3 is 10.5 Å². The van der Waals surface area contributed by atoms with Crippen LogP contribution < -0.4 is 10.5 Å². The van der Waals surface area contributed by atoms with Crippen LogP contribution in [0.5, 0.6) is 5.75 Å². The Morgan fingerprint density at radius 1 is 1.24 bits per heavy atom. The molecule has 0 bridgehead atoms. The molecule has 1 aromatic heterocycles. The SMILES string of the molecule is COc1c(C)cnc(CC(N)c2c(Cl)cccc2Cl)c1C. The van der Waals surface area contributed by atoms with Crippen molar-refractivity contribution in [1.82, 2.24) is 4.98 Å². The van der Waals surface area contributed by atoms with Crippen molar-refractivity contribution in [3.8, 4) is 5.75 Å². The minimum atomic E-state index is -0.315. The lowest BCUT2D eigenvalue weighted by Crippen LogP contribution is -2.16. The highest BCUT2D eigenvalue weighted by Gasteiger charge is 2.18. The number of nitrogens with two attached hydrogens (primary N) is 1. The smallest absolute Gasteiger partial charge is 0.128 e. The zero-order valence-electron chi connectivity index (χ0n) is 12.3. The average molecular weight is 325 g/mol. The Kier molecular flexibility index (Phi) is 5.09. The van der Waals surface area contributed by atoms with Crippen LogP contribution in [0.3, 0.4) is 0 Å². The topological polar surface area (TPSA) is 48.1 Å². The summed E-state index contributed by atoms with van der Waals surface area (Å²) in [5.41, 5.74) is 9.92. The maximum atomic E-state index is 6.28. The van der Waals surface area contributed by atoms with Crippen molar-refractivity contribution in [2.75, 3.05) is 7.11 Å². The number of halogens is 2. The molecule has 1 heterocycles. The maximum Gasteiger partial charge on any atom is 0.128 e. The second kappa shape index (κ2) is 6.65. The molecule has 0 fully saturated rings. The first kappa shape index (κ1) is 16.1. The fourth-order valence-electron chi connectivity index (χ4n) is 2.45. The molecule has 1 atom stereocenters. The molecule has 0 saturated carbocycles. The molecular formula is C16H18Cl2N2O. The lowest BCUT2D eigenvalue weighted by Gasteiger charge is -2.18. The number of ether oxygens (including phenoxy) is 1. The zero-order valence-corrected chi connectivity index (χ0v) is 13.8. The molecule has 0 amide bonds. The largest absolute Gasteiger partial charge is 0.496 e. The van der Waals surface area contributed by atoms with Crippen molar-refractivity contribution in [3.63, 3.8) is 0 Å². The molecule has 1 unspecified atom stereocenters. The van der Waals surface area contributed by atoms with Gasteiger partial charge in [0.1, 0.15) is 5.75 Å². The Balaban J connectivity index is 2.34. The molecule has 112 valence electrons. The van der Waals surface area contributed by atoms with Crippen molar-refractivity contribution in [1.29, 1.82) is 0 Å².